The number of carbonyl (C=O) groups is 1. The predicted octanol–water partition coefficient (Wildman–Crippen LogP) is 3.01. The normalized spacial score (nSPS) is 17.9. The molecule has 1 atom stereocenters. The van der Waals surface area contributed by atoms with Crippen molar-refractivity contribution in [3.05, 3.63) is 34.9 Å². The molecule has 2 N–H and O–H groups in total. The lowest BCUT2D eigenvalue weighted by Gasteiger charge is -2.22. The third-order valence-electron chi connectivity index (χ3n) is 4.41. The Morgan fingerprint density at radius 2 is 2.04 bits per heavy atom. The summed E-state index contributed by atoms with van der Waals surface area (Å²) in [6.45, 7) is 7.81. The fraction of sp³-hybridized carbons (Fsp3) is 0.579. The van der Waals surface area contributed by atoms with Crippen molar-refractivity contribution in [2.75, 3.05) is 33.2 Å². The number of nitrogens with zero attached hydrogens (tertiary/aromatic N) is 2. The number of carbonyl (C=O) groups excluding carboxylic acids is 1. The summed E-state index contributed by atoms with van der Waals surface area (Å²) < 4.78 is 0. The molecule has 25 heavy (non-hydrogen) atoms. The second-order valence-corrected chi connectivity index (χ2v) is 7.35. The Morgan fingerprint density at radius 3 is 2.72 bits per heavy atom. The molecule has 2 rings (SSSR count). The zero-order valence-corrected chi connectivity index (χ0v) is 16.1. The molecule has 1 aromatic rings. The van der Waals surface area contributed by atoms with Crippen LogP contribution in [0.1, 0.15) is 37.0 Å². The van der Waals surface area contributed by atoms with Crippen molar-refractivity contribution in [3.63, 3.8) is 0 Å². The van der Waals surface area contributed by atoms with E-state index in [4.69, 9.17) is 11.6 Å². The molecule has 1 aliphatic heterocycles. The lowest BCUT2D eigenvalue weighted by atomic mass is 9.97. The Hall–Kier alpha value is -1.75. The highest BCUT2D eigenvalue weighted by molar-refractivity contribution is 6.33. The summed E-state index contributed by atoms with van der Waals surface area (Å²) in [6, 6.07) is 7.07. The van der Waals surface area contributed by atoms with Gasteiger partial charge in [0, 0.05) is 33.2 Å². The smallest absolute Gasteiger partial charge is 0.252 e. The van der Waals surface area contributed by atoms with Crippen LogP contribution in [0, 0.1) is 11.8 Å². The molecule has 1 fully saturated rings. The second-order valence-electron chi connectivity index (χ2n) is 6.94. The highest BCUT2D eigenvalue weighted by atomic mass is 35.5. The van der Waals surface area contributed by atoms with E-state index >= 15 is 0 Å². The summed E-state index contributed by atoms with van der Waals surface area (Å²) in [5.74, 6) is 2.25. The highest BCUT2D eigenvalue weighted by Crippen LogP contribution is 2.23. The van der Waals surface area contributed by atoms with Crippen molar-refractivity contribution in [1.29, 1.82) is 0 Å². The van der Waals surface area contributed by atoms with Gasteiger partial charge in [0.15, 0.2) is 5.96 Å². The van der Waals surface area contributed by atoms with Crippen molar-refractivity contribution in [1.82, 2.24) is 15.5 Å². The van der Waals surface area contributed by atoms with Crippen LogP contribution in [0.4, 0.5) is 0 Å². The summed E-state index contributed by atoms with van der Waals surface area (Å²) in [6.07, 6.45) is 2.49. The van der Waals surface area contributed by atoms with Gasteiger partial charge in [-0.2, -0.15) is 0 Å². The molecule has 1 aromatic carbocycles. The van der Waals surface area contributed by atoms with Gasteiger partial charge in [0.25, 0.3) is 5.91 Å². The molecule has 0 aliphatic carbocycles. The molecule has 1 saturated heterocycles. The summed E-state index contributed by atoms with van der Waals surface area (Å²) in [5, 5.41) is 6.69. The fourth-order valence-corrected chi connectivity index (χ4v) is 3.53. The Balaban J connectivity index is 1.73. The first-order chi connectivity index (χ1) is 12.0. The van der Waals surface area contributed by atoms with E-state index in [1.54, 1.807) is 19.2 Å². The summed E-state index contributed by atoms with van der Waals surface area (Å²) in [7, 11) is 1.81. The number of rotatable bonds is 6. The minimum atomic E-state index is -0.152. The maximum absolute atomic E-state index is 12.1. The highest BCUT2D eigenvalue weighted by Gasteiger charge is 2.25. The molecule has 138 valence electrons. The van der Waals surface area contributed by atoms with Crippen LogP contribution in [0.15, 0.2) is 29.3 Å². The number of guanidine groups is 1. The van der Waals surface area contributed by atoms with Crippen LogP contribution in [0.2, 0.25) is 5.02 Å². The second kappa shape index (κ2) is 9.66. The number of hydrogen-bond acceptors (Lipinski definition) is 2. The average Bonchev–Trinajstić information content (AvgIpc) is 3.02. The number of amides is 1. The van der Waals surface area contributed by atoms with E-state index in [2.05, 4.69) is 34.4 Å². The van der Waals surface area contributed by atoms with Crippen LogP contribution in [0.5, 0.6) is 0 Å². The van der Waals surface area contributed by atoms with Gasteiger partial charge in [0.2, 0.25) is 0 Å². The molecule has 1 amide bonds. The van der Waals surface area contributed by atoms with Gasteiger partial charge < -0.3 is 15.5 Å². The van der Waals surface area contributed by atoms with Crippen molar-refractivity contribution in [3.8, 4) is 0 Å². The van der Waals surface area contributed by atoms with Crippen LogP contribution in [0.25, 0.3) is 0 Å². The molecular weight excluding hydrogens is 336 g/mol. The minimum Gasteiger partial charge on any atom is -0.354 e. The molecule has 0 spiro atoms. The zero-order valence-electron chi connectivity index (χ0n) is 15.4. The SMILES string of the molecule is CN=C(NCCNC(=O)c1ccccc1Cl)N1CCC(CC(C)C)C1. The topological polar surface area (TPSA) is 56.7 Å². The van der Waals surface area contributed by atoms with Crippen molar-refractivity contribution < 1.29 is 4.79 Å². The molecule has 1 unspecified atom stereocenters. The molecule has 0 saturated carbocycles. The lowest BCUT2D eigenvalue weighted by Crippen LogP contribution is -2.43. The van der Waals surface area contributed by atoms with Gasteiger partial charge in [0.1, 0.15) is 0 Å². The number of likely N-dealkylation sites (tertiary alicyclic amines) is 1. The van der Waals surface area contributed by atoms with Crippen LogP contribution in [0.3, 0.4) is 0 Å². The lowest BCUT2D eigenvalue weighted by molar-refractivity contribution is 0.0954. The molecule has 6 heteroatoms. The number of benzene rings is 1. The maximum atomic E-state index is 12.1. The van der Waals surface area contributed by atoms with Crippen LogP contribution >= 0.6 is 11.6 Å². The van der Waals surface area contributed by atoms with Crippen LogP contribution in [-0.2, 0) is 0 Å². The van der Waals surface area contributed by atoms with Gasteiger partial charge in [-0.05, 0) is 36.8 Å². The van der Waals surface area contributed by atoms with Crippen LogP contribution < -0.4 is 10.6 Å². The van der Waals surface area contributed by atoms with Gasteiger partial charge in [-0.3, -0.25) is 9.79 Å². The van der Waals surface area contributed by atoms with Crippen molar-refractivity contribution in [2.45, 2.75) is 26.7 Å². The third-order valence-corrected chi connectivity index (χ3v) is 4.74. The quantitative estimate of drug-likeness (QED) is 0.463. The van der Waals surface area contributed by atoms with Gasteiger partial charge in [-0.25, -0.2) is 0 Å². The van der Waals surface area contributed by atoms with E-state index in [0.29, 0.717) is 23.7 Å². The number of hydrogen-bond donors (Lipinski definition) is 2. The summed E-state index contributed by atoms with van der Waals surface area (Å²) >= 11 is 6.04. The van der Waals surface area contributed by atoms with Gasteiger partial charge in [-0.15, -0.1) is 0 Å². The third kappa shape index (κ3) is 5.92. The zero-order chi connectivity index (χ0) is 18.2. The number of aliphatic imine (C=N–C) groups is 1. The monoisotopic (exact) mass is 364 g/mol. The van der Waals surface area contributed by atoms with Crippen molar-refractivity contribution >= 4 is 23.5 Å². The Morgan fingerprint density at radius 1 is 1.32 bits per heavy atom. The maximum Gasteiger partial charge on any atom is 0.252 e. The minimum absolute atomic E-state index is 0.152. The summed E-state index contributed by atoms with van der Waals surface area (Å²) in [5.41, 5.74) is 0.504. The Labute approximate surface area is 155 Å². The van der Waals surface area contributed by atoms with Gasteiger partial charge >= 0.3 is 0 Å². The molecule has 1 heterocycles. The molecule has 0 aromatic heterocycles. The van der Waals surface area contributed by atoms with E-state index in [1.165, 1.54) is 12.8 Å². The van der Waals surface area contributed by atoms with E-state index in [0.717, 1.165) is 30.9 Å². The van der Waals surface area contributed by atoms with E-state index in [1.807, 2.05) is 12.1 Å². The average molecular weight is 365 g/mol. The molecule has 0 bridgehead atoms. The van der Waals surface area contributed by atoms with Gasteiger partial charge in [-0.1, -0.05) is 37.6 Å². The number of halogens is 1. The first kappa shape index (κ1) is 19.6. The first-order valence-electron chi connectivity index (χ1n) is 8.99. The largest absolute Gasteiger partial charge is 0.354 e. The van der Waals surface area contributed by atoms with E-state index in [-0.39, 0.29) is 5.91 Å². The van der Waals surface area contributed by atoms with Gasteiger partial charge in [0.05, 0.1) is 10.6 Å². The molecule has 0 radical (unpaired) electrons. The standard InChI is InChI=1S/C19H29ClN4O/c1-14(2)12-15-8-11-24(13-15)19(21-3)23-10-9-22-18(25)16-6-4-5-7-17(16)20/h4-7,14-15H,8-13H2,1-3H3,(H,21,23)(H,22,25). The van der Waals surface area contributed by atoms with Crippen LogP contribution in [-0.4, -0.2) is 50.0 Å². The molecular formula is C19H29ClN4O. The van der Waals surface area contributed by atoms with E-state index < -0.39 is 0 Å². The predicted molar refractivity (Wildman–Crippen MR) is 104 cm³/mol. The fourth-order valence-electron chi connectivity index (χ4n) is 3.31. The van der Waals surface area contributed by atoms with E-state index in [9.17, 15) is 4.79 Å². The molecule has 1 aliphatic rings. The molecule has 5 nitrogen and oxygen atoms in total. The Kier molecular flexibility index (Phi) is 7.56. The Bertz CT molecular complexity index is 603. The van der Waals surface area contributed by atoms with Crippen molar-refractivity contribution in [2.24, 2.45) is 16.8 Å². The summed E-state index contributed by atoms with van der Waals surface area (Å²) in [4.78, 5) is 18.8. The number of nitrogens with one attached hydrogen (secondary N) is 2. The first-order valence-corrected chi connectivity index (χ1v) is 9.37.